The van der Waals surface area contributed by atoms with Gasteiger partial charge in [0.15, 0.2) is 0 Å². The molecule has 18 heavy (non-hydrogen) atoms. The summed E-state index contributed by atoms with van der Waals surface area (Å²) < 4.78 is 48.6. The summed E-state index contributed by atoms with van der Waals surface area (Å²) in [6.45, 7) is 0. The molecule has 0 aliphatic heterocycles. The van der Waals surface area contributed by atoms with Crippen LogP contribution in [0.15, 0.2) is 18.2 Å². The van der Waals surface area contributed by atoms with Gasteiger partial charge in [-0.25, -0.2) is 17.2 Å². The predicted octanol–water partition coefficient (Wildman–Crippen LogP) is 2.96. The molecule has 1 aromatic carbocycles. The molecule has 0 unspecified atom stereocenters. The quantitative estimate of drug-likeness (QED) is 0.803. The van der Waals surface area contributed by atoms with E-state index in [1.54, 1.807) is 0 Å². The number of halogens is 3. The summed E-state index contributed by atoms with van der Waals surface area (Å²) in [4.78, 5) is 0. The van der Waals surface area contributed by atoms with E-state index in [1.807, 2.05) is 0 Å². The Morgan fingerprint density at radius 2 is 1.83 bits per heavy atom. The van der Waals surface area contributed by atoms with Crippen LogP contribution in [0, 0.1) is 17.0 Å². The molecule has 2 nitrogen and oxygen atoms in total. The van der Waals surface area contributed by atoms with Crippen molar-refractivity contribution in [3.05, 3.63) is 35.4 Å². The third-order valence-electron chi connectivity index (χ3n) is 4.12. The van der Waals surface area contributed by atoms with Crippen molar-refractivity contribution >= 4 is 19.7 Å². The topological polar surface area (TPSA) is 34.1 Å². The van der Waals surface area contributed by atoms with Crippen LogP contribution in [0.4, 0.5) is 8.78 Å². The van der Waals surface area contributed by atoms with Crippen LogP contribution in [0.1, 0.15) is 24.8 Å². The van der Waals surface area contributed by atoms with E-state index in [4.69, 9.17) is 10.7 Å². The molecule has 3 fully saturated rings. The second-order valence-electron chi connectivity index (χ2n) is 5.62. The van der Waals surface area contributed by atoms with Gasteiger partial charge in [-0.1, -0.05) is 6.07 Å². The first-order valence-electron chi connectivity index (χ1n) is 5.62. The Kier molecular flexibility index (Phi) is 2.37. The van der Waals surface area contributed by atoms with Crippen LogP contribution in [-0.2, 0) is 14.5 Å². The van der Waals surface area contributed by atoms with Gasteiger partial charge in [0.1, 0.15) is 11.6 Å². The Hall–Kier alpha value is -0.680. The molecule has 3 aliphatic rings. The van der Waals surface area contributed by atoms with Crippen molar-refractivity contribution in [1.82, 2.24) is 0 Å². The van der Waals surface area contributed by atoms with E-state index in [1.165, 1.54) is 12.1 Å². The first-order valence-corrected chi connectivity index (χ1v) is 8.10. The molecule has 0 radical (unpaired) electrons. The lowest BCUT2D eigenvalue weighted by Crippen LogP contribution is -2.66. The largest absolute Gasteiger partial charge is 0.233 e. The minimum atomic E-state index is -3.51. The average Bonchev–Trinajstić information content (AvgIpc) is 2.08. The van der Waals surface area contributed by atoms with Crippen molar-refractivity contribution in [2.75, 3.05) is 5.75 Å². The van der Waals surface area contributed by atoms with Gasteiger partial charge in [-0.05, 0) is 41.7 Å². The van der Waals surface area contributed by atoms with Gasteiger partial charge in [-0.15, -0.1) is 0 Å². The lowest BCUT2D eigenvalue weighted by Gasteiger charge is -2.70. The highest BCUT2D eigenvalue weighted by Crippen LogP contribution is 2.74. The highest BCUT2D eigenvalue weighted by Gasteiger charge is 2.69. The van der Waals surface area contributed by atoms with E-state index < -0.39 is 20.7 Å². The summed E-state index contributed by atoms with van der Waals surface area (Å²) in [6, 6.07) is 3.58. The molecule has 1 aromatic rings. The van der Waals surface area contributed by atoms with Crippen LogP contribution in [0.25, 0.3) is 0 Å². The molecular weight excluding hydrogens is 282 g/mol. The summed E-state index contributed by atoms with van der Waals surface area (Å²) in [6.07, 6.45) is 1.86. The zero-order chi connectivity index (χ0) is 13.2. The molecule has 3 aliphatic carbocycles. The Bertz CT molecular complexity index is 607. The summed E-state index contributed by atoms with van der Waals surface area (Å²) in [5.74, 6) is -1.19. The molecule has 98 valence electrons. The first kappa shape index (κ1) is 12.4. The molecule has 0 N–H and O–H groups in total. The highest BCUT2D eigenvalue weighted by molar-refractivity contribution is 8.13. The normalized spacial score (nSPS) is 33.7. The molecule has 0 heterocycles. The molecular formula is C12H11ClF2O2S. The summed E-state index contributed by atoms with van der Waals surface area (Å²) in [5, 5.41) is 0. The minimum absolute atomic E-state index is 0.0495. The zero-order valence-corrected chi connectivity index (χ0v) is 11.0. The molecule has 6 heteroatoms. The van der Waals surface area contributed by atoms with E-state index in [0.29, 0.717) is 24.8 Å². The second kappa shape index (κ2) is 3.45. The SMILES string of the molecule is O=S(=O)(Cl)CC12CC(c3ccc(F)cc3F)(C1)C2. The first-order chi connectivity index (χ1) is 8.24. The van der Waals surface area contributed by atoms with Crippen LogP contribution in [0.3, 0.4) is 0 Å². The van der Waals surface area contributed by atoms with Gasteiger partial charge >= 0.3 is 0 Å². The lowest BCUT2D eigenvalue weighted by molar-refractivity contribution is -0.123. The van der Waals surface area contributed by atoms with Crippen molar-refractivity contribution < 1.29 is 17.2 Å². The number of hydrogen-bond donors (Lipinski definition) is 0. The zero-order valence-electron chi connectivity index (χ0n) is 9.42. The number of hydrogen-bond acceptors (Lipinski definition) is 2. The minimum Gasteiger partial charge on any atom is -0.212 e. The van der Waals surface area contributed by atoms with Crippen molar-refractivity contribution in [2.24, 2.45) is 5.41 Å². The van der Waals surface area contributed by atoms with Gasteiger partial charge in [-0.2, -0.15) is 0 Å². The van der Waals surface area contributed by atoms with Crippen molar-refractivity contribution in [3.63, 3.8) is 0 Å². The van der Waals surface area contributed by atoms with Gasteiger partial charge in [-0.3, -0.25) is 0 Å². The average molecular weight is 293 g/mol. The van der Waals surface area contributed by atoms with E-state index >= 15 is 0 Å². The fourth-order valence-corrected chi connectivity index (χ4v) is 5.45. The third-order valence-corrected chi connectivity index (χ3v) is 5.41. The summed E-state index contributed by atoms with van der Waals surface area (Å²) in [7, 11) is 1.73. The standard InChI is InChI=1S/C12H11ClF2O2S/c13-18(16,17)7-11-4-12(5-11,6-11)9-2-1-8(14)3-10(9)15/h1-3H,4-7H2. The number of rotatable bonds is 3. The molecule has 0 aromatic heterocycles. The monoisotopic (exact) mass is 292 g/mol. The molecule has 0 saturated heterocycles. The van der Waals surface area contributed by atoms with Gasteiger partial charge < -0.3 is 0 Å². The molecule has 0 spiro atoms. The molecule has 3 saturated carbocycles. The molecule has 2 bridgehead atoms. The van der Waals surface area contributed by atoms with Crippen LogP contribution >= 0.6 is 10.7 Å². The van der Waals surface area contributed by atoms with Gasteiger partial charge in [0.25, 0.3) is 0 Å². The fourth-order valence-electron chi connectivity index (χ4n) is 3.72. The Labute approximate surface area is 108 Å². The Morgan fingerprint density at radius 3 is 2.33 bits per heavy atom. The maximum absolute atomic E-state index is 13.7. The summed E-state index contributed by atoms with van der Waals surface area (Å²) >= 11 is 0. The van der Waals surface area contributed by atoms with Gasteiger partial charge in [0, 0.05) is 16.7 Å². The highest BCUT2D eigenvalue weighted by atomic mass is 35.7. The maximum atomic E-state index is 13.7. The van der Waals surface area contributed by atoms with Crippen LogP contribution in [-0.4, -0.2) is 14.2 Å². The predicted molar refractivity (Wildman–Crippen MR) is 64.0 cm³/mol. The smallest absolute Gasteiger partial charge is 0.212 e. The number of benzene rings is 1. The molecule has 4 rings (SSSR count). The van der Waals surface area contributed by atoms with E-state index in [2.05, 4.69) is 0 Å². The molecule has 0 atom stereocenters. The summed E-state index contributed by atoms with van der Waals surface area (Å²) in [5.41, 5.74) is -0.0708. The van der Waals surface area contributed by atoms with E-state index in [-0.39, 0.29) is 16.6 Å². The van der Waals surface area contributed by atoms with E-state index in [9.17, 15) is 17.2 Å². The second-order valence-corrected chi connectivity index (χ2v) is 8.39. The third kappa shape index (κ3) is 1.75. The van der Waals surface area contributed by atoms with Gasteiger partial charge in [0.05, 0.1) is 5.75 Å². The van der Waals surface area contributed by atoms with Crippen LogP contribution in [0.2, 0.25) is 0 Å². The van der Waals surface area contributed by atoms with Crippen LogP contribution in [0.5, 0.6) is 0 Å². The maximum Gasteiger partial charge on any atom is 0.233 e. The van der Waals surface area contributed by atoms with Crippen molar-refractivity contribution in [1.29, 1.82) is 0 Å². The van der Waals surface area contributed by atoms with Crippen molar-refractivity contribution in [3.8, 4) is 0 Å². The van der Waals surface area contributed by atoms with Gasteiger partial charge in [0.2, 0.25) is 9.05 Å². The van der Waals surface area contributed by atoms with Crippen molar-refractivity contribution in [2.45, 2.75) is 24.7 Å². The Balaban J connectivity index is 1.80. The molecule has 0 amide bonds. The fraction of sp³-hybridized carbons (Fsp3) is 0.500. The van der Waals surface area contributed by atoms with E-state index in [0.717, 1.165) is 6.07 Å². The Morgan fingerprint density at radius 1 is 1.22 bits per heavy atom. The van der Waals surface area contributed by atoms with Crippen LogP contribution < -0.4 is 0 Å². The lowest BCUT2D eigenvalue weighted by atomic mass is 9.34.